The van der Waals surface area contributed by atoms with Gasteiger partial charge in [0.15, 0.2) is 0 Å². The highest BCUT2D eigenvalue weighted by Crippen LogP contribution is 2.59. The number of aliphatic hydroxyl groups excluding tert-OH is 1. The van der Waals surface area contributed by atoms with Gasteiger partial charge in [-0.15, -0.1) is 13.2 Å². The van der Waals surface area contributed by atoms with Gasteiger partial charge in [-0.2, -0.15) is 0 Å². The summed E-state index contributed by atoms with van der Waals surface area (Å²) in [6.45, 7) is 16.3. The lowest BCUT2D eigenvalue weighted by molar-refractivity contribution is -0.154. The van der Waals surface area contributed by atoms with E-state index in [9.17, 15) is 19.5 Å². The molecule has 0 aliphatic carbocycles. The highest BCUT2D eigenvalue weighted by molar-refractivity contribution is 5.99. The second-order valence-electron chi connectivity index (χ2n) is 11.8. The van der Waals surface area contributed by atoms with E-state index in [1.54, 1.807) is 26.9 Å². The van der Waals surface area contributed by atoms with E-state index in [4.69, 9.17) is 4.74 Å². The minimum Gasteiger partial charge on any atom is -0.394 e. The number of hydrogen-bond donors (Lipinski definition) is 1. The maximum absolute atomic E-state index is 14.5. The van der Waals surface area contributed by atoms with E-state index in [1.807, 2.05) is 58.0 Å². The number of ether oxygens (including phenoxy) is 1. The van der Waals surface area contributed by atoms with Gasteiger partial charge < -0.3 is 24.5 Å². The topological polar surface area (TPSA) is 90.4 Å². The Morgan fingerprint density at radius 2 is 1.82 bits per heavy atom. The maximum atomic E-state index is 14.5. The highest BCUT2D eigenvalue weighted by Gasteiger charge is 2.75. The summed E-state index contributed by atoms with van der Waals surface area (Å²) < 4.78 is 6.66. The zero-order valence-electron chi connectivity index (χ0n) is 24.4. The average molecular weight is 552 g/mol. The number of benzene rings is 1. The van der Waals surface area contributed by atoms with Crippen molar-refractivity contribution in [1.29, 1.82) is 0 Å². The molecular formula is C32H45N3O5. The van der Waals surface area contributed by atoms with Crippen molar-refractivity contribution < 1.29 is 24.2 Å². The van der Waals surface area contributed by atoms with Gasteiger partial charge in [0, 0.05) is 25.7 Å². The smallest absolute Gasteiger partial charge is 0.248 e. The fraction of sp³-hybridized carbons (Fsp3) is 0.594. The first-order valence-electron chi connectivity index (χ1n) is 14.6. The molecule has 3 aliphatic rings. The van der Waals surface area contributed by atoms with Crippen LogP contribution < -0.4 is 0 Å². The molecule has 0 saturated carbocycles. The molecule has 0 radical (unpaired) electrons. The molecule has 3 heterocycles. The van der Waals surface area contributed by atoms with Gasteiger partial charge in [-0.05, 0) is 38.2 Å². The summed E-state index contributed by atoms with van der Waals surface area (Å²) in [5.41, 5.74) is -0.126. The van der Waals surface area contributed by atoms with E-state index >= 15 is 0 Å². The molecule has 3 saturated heterocycles. The van der Waals surface area contributed by atoms with Gasteiger partial charge in [0.1, 0.15) is 11.6 Å². The Bertz CT molecular complexity index is 1110. The molecule has 3 fully saturated rings. The molecule has 218 valence electrons. The van der Waals surface area contributed by atoms with Crippen molar-refractivity contribution in [2.75, 3.05) is 19.7 Å². The van der Waals surface area contributed by atoms with Crippen LogP contribution >= 0.6 is 0 Å². The second kappa shape index (κ2) is 12.3. The summed E-state index contributed by atoms with van der Waals surface area (Å²) >= 11 is 0. The van der Waals surface area contributed by atoms with Crippen molar-refractivity contribution in [3.8, 4) is 0 Å². The fourth-order valence-electron chi connectivity index (χ4n) is 7.08. The van der Waals surface area contributed by atoms with Crippen LogP contribution in [0, 0.1) is 17.8 Å². The fourth-order valence-corrected chi connectivity index (χ4v) is 7.08. The van der Waals surface area contributed by atoms with Gasteiger partial charge in [0.25, 0.3) is 0 Å². The summed E-state index contributed by atoms with van der Waals surface area (Å²) in [7, 11) is 0. The molecule has 3 amide bonds. The van der Waals surface area contributed by atoms with Gasteiger partial charge in [-0.25, -0.2) is 0 Å². The number of aliphatic hydroxyl groups is 1. The molecule has 1 aromatic carbocycles. The van der Waals surface area contributed by atoms with Crippen LogP contribution in [0.2, 0.25) is 0 Å². The Kier molecular flexibility index (Phi) is 9.20. The minimum atomic E-state index is -1.11. The zero-order valence-corrected chi connectivity index (χ0v) is 24.4. The molecule has 1 N–H and O–H groups in total. The first-order valence-corrected chi connectivity index (χ1v) is 14.6. The molecule has 3 aliphatic heterocycles. The van der Waals surface area contributed by atoms with E-state index in [1.165, 1.54) is 0 Å². The molecule has 7 atom stereocenters. The van der Waals surface area contributed by atoms with Crippen molar-refractivity contribution in [3.63, 3.8) is 0 Å². The molecule has 0 aromatic heterocycles. The van der Waals surface area contributed by atoms with E-state index < -0.39 is 35.6 Å². The van der Waals surface area contributed by atoms with Crippen molar-refractivity contribution >= 4 is 17.7 Å². The molecule has 8 heteroatoms. The predicted molar refractivity (Wildman–Crippen MR) is 154 cm³/mol. The number of likely N-dealkylation sites (tertiary alicyclic amines) is 1. The quantitative estimate of drug-likeness (QED) is 0.380. The van der Waals surface area contributed by atoms with Crippen molar-refractivity contribution in [2.45, 2.75) is 83.3 Å². The number of fused-ring (bicyclic) bond motifs is 1. The Hall–Kier alpha value is -2.97. The lowest BCUT2D eigenvalue weighted by Crippen LogP contribution is -2.60. The van der Waals surface area contributed by atoms with Gasteiger partial charge >= 0.3 is 0 Å². The lowest BCUT2D eigenvalue weighted by Gasteiger charge is -2.41. The largest absolute Gasteiger partial charge is 0.394 e. The third kappa shape index (κ3) is 5.00. The molecule has 1 aromatic rings. The van der Waals surface area contributed by atoms with Crippen LogP contribution in [-0.2, 0) is 25.7 Å². The van der Waals surface area contributed by atoms with Crippen LogP contribution in [0.25, 0.3) is 0 Å². The number of carbonyl (C=O) groups excluding carboxylic acids is 3. The van der Waals surface area contributed by atoms with Crippen LogP contribution in [0.3, 0.4) is 0 Å². The van der Waals surface area contributed by atoms with Crippen molar-refractivity contribution in [1.82, 2.24) is 14.7 Å². The van der Waals surface area contributed by atoms with Crippen molar-refractivity contribution in [3.05, 3.63) is 61.2 Å². The second-order valence-corrected chi connectivity index (χ2v) is 11.8. The van der Waals surface area contributed by atoms with Crippen LogP contribution in [0.4, 0.5) is 0 Å². The third-order valence-electron chi connectivity index (χ3n) is 9.21. The van der Waals surface area contributed by atoms with Crippen LogP contribution in [0.15, 0.2) is 55.6 Å². The summed E-state index contributed by atoms with van der Waals surface area (Å²) in [5.74, 6) is -2.17. The Balaban J connectivity index is 1.77. The SMILES string of the molecule is C=CCN(Cc1ccccc1)C(=O)[C@@H]1[C@@H]2CCC3(O2)C(C(=O)N(CC=C)C(C)C)N([C@@H](CO)[C@@H](C)CC)C(=O)[C@H]13. The zero-order chi connectivity index (χ0) is 29.2. The Labute approximate surface area is 238 Å². The Morgan fingerprint density at radius 1 is 1.15 bits per heavy atom. The number of nitrogens with zero attached hydrogens (tertiary/aromatic N) is 3. The van der Waals surface area contributed by atoms with Crippen LogP contribution in [0.5, 0.6) is 0 Å². The highest BCUT2D eigenvalue weighted by atomic mass is 16.5. The number of rotatable bonds is 13. The van der Waals surface area contributed by atoms with E-state index in [2.05, 4.69) is 13.2 Å². The molecule has 8 nitrogen and oxygen atoms in total. The van der Waals surface area contributed by atoms with E-state index in [-0.39, 0.29) is 36.3 Å². The molecule has 1 spiro atoms. The van der Waals surface area contributed by atoms with Crippen molar-refractivity contribution in [2.24, 2.45) is 17.8 Å². The van der Waals surface area contributed by atoms with Gasteiger partial charge in [-0.1, -0.05) is 62.8 Å². The average Bonchev–Trinajstić information content (AvgIpc) is 3.59. The first-order chi connectivity index (χ1) is 19.2. The molecule has 40 heavy (non-hydrogen) atoms. The van der Waals surface area contributed by atoms with Gasteiger partial charge in [0.05, 0.1) is 30.6 Å². The summed E-state index contributed by atoms with van der Waals surface area (Å²) in [6, 6.07) is 8.14. The standard InChI is InChI=1S/C32H45N3O5/c1-7-17-33(19-23-13-11-10-12-14-23)29(37)26-25-15-16-32(40-25)27(26)30(38)35(24(20-36)22(6)9-3)28(32)31(39)34(18-8-2)21(4)5/h7-8,10-14,21-22,24-28,36H,1-2,9,15-20H2,3-6H3/t22-,24-,25-,26+,27-,28?,32?/m0/s1. The number of carbonyl (C=O) groups is 3. The molecular weight excluding hydrogens is 506 g/mol. The molecule has 4 rings (SSSR count). The van der Waals surface area contributed by atoms with Gasteiger partial charge in [-0.3, -0.25) is 14.4 Å². The third-order valence-corrected chi connectivity index (χ3v) is 9.21. The van der Waals surface area contributed by atoms with Crippen LogP contribution in [-0.4, -0.2) is 87.1 Å². The number of hydrogen-bond acceptors (Lipinski definition) is 5. The maximum Gasteiger partial charge on any atom is 0.248 e. The Morgan fingerprint density at radius 3 is 2.40 bits per heavy atom. The van der Waals surface area contributed by atoms with Crippen LogP contribution in [0.1, 0.15) is 52.5 Å². The summed E-state index contributed by atoms with van der Waals surface area (Å²) in [6.07, 6.45) is 4.78. The normalized spacial score (nSPS) is 28.4. The lowest BCUT2D eigenvalue weighted by atomic mass is 9.70. The summed E-state index contributed by atoms with van der Waals surface area (Å²) in [4.78, 5) is 48.1. The van der Waals surface area contributed by atoms with E-state index in [0.29, 0.717) is 32.5 Å². The summed E-state index contributed by atoms with van der Waals surface area (Å²) in [5, 5.41) is 10.5. The molecule has 2 unspecified atom stereocenters. The first kappa shape index (κ1) is 30.0. The monoisotopic (exact) mass is 551 g/mol. The van der Waals surface area contributed by atoms with Gasteiger partial charge in [0.2, 0.25) is 17.7 Å². The number of amides is 3. The predicted octanol–water partition coefficient (Wildman–Crippen LogP) is 3.41. The molecule has 2 bridgehead atoms. The minimum absolute atomic E-state index is 0.0481. The van der Waals surface area contributed by atoms with E-state index in [0.717, 1.165) is 12.0 Å².